The number of pyridine rings is 1. The minimum atomic E-state index is -0.565. The number of ether oxygens (including phenoxy) is 1. The van der Waals surface area contributed by atoms with E-state index < -0.39 is 11.8 Å². The van der Waals surface area contributed by atoms with Crippen molar-refractivity contribution in [3.63, 3.8) is 0 Å². The van der Waals surface area contributed by atoms with Crippen LogP contribution in [0.2, 0.25) is 0 Å². The molecule has 1 aromatic carbocycles. The summed E-state index contributed by atoms with van der Waals surface area (Å²) in [6.45, 7) is 0.152. The van der Waals surface area contributed by atoms with Gasteiger partial charge in [-0.2, -0.15) is 4.39 Å². The molecule has 0 amide bonds. The highest BCUT2D eigenvalue weighted by Crippen LogP contribution is 2.13. The van der Waals surface area contributed by atoms with Gasteiger partial charge in [0.1, 0.15) is 18.2 Å². The van der Waals surface area contributed by atoms with E-state index in [9.17, 15) is 8.78 Å². The Morgan fingerprint density at radius 1 is 1.25 bits per heavy atom. The molecule has 1 aromatic heterocycles. The van der Waals surface area contributed by atoms with Gasteiger partial charge in [0, 0.05) is 18.3 Å². The number of benzene rings is 1. The molecule has 0 aliphatic carbocycles. The maximum absolute atomic E-state index is 12.8. The fourth-order valence-corrected chi connectivity index (χ4v) is 1.20. The van der Waals surface area contributed by atoms with E-state index in [0.717, 1.165) is 0 Å². The van der Waals surface area contributed by atoms with Crippen molar-refractivity contribution in [3.05, 3.63) is 59.9 Å². The lowest BCUT2D eigenvalue weighted by Crippen LogP contribution is -1.97. The molecule has 16 heavy (non-hydrogen) atoms. The number of aromatic nitrogens is 1. The highest BCUT2D eigenvalue weighted by Gasteiger charge is 1.99. The van der Waals surface area contributed by atoms with Crippen molar-refractivity contribution < 1.29 is 13.5 Å². The van der Waals surface area contributed by atoms with Crippen LogP contribution in [-0.2, 0) is 6.61 Å². The molecule has 0 unspecified atom stereocenters. The van der Waals surface area contributed by atoms with Crippen LogP contribution in [0.4, 0.5) is 8.78 Å². The molecule has 1 radical (unpaired) electrons. The third-order valence-corrected chi connectivity index (χ3v) is 1.92. The minimum absolute atomic E-state index is 0.152. The van der Waals surface area contributed by atoms with Crippen molar-refractivity contribution in [2.75, 3.05) is 0 Å². The van der Waals surface area contributed by atoms with Crippen LogP contribution in [0.3, 0.4) is 0 Å². The van der Waals surface area contributed by atoms with Crippen LogP contribution in [-0.4, -0.2) is 4.98 Å². The molecule has 0 spiro atoms. The Hall–Kier alpha value is -1.97. The van der Waals surface area contributed by atoms with Gasteiger partial charge in [-0.25, -0.2) is 9.37 Å². The van der Waals surface area contributed by atoms with Crippen LogP contribution in [0.15, 0.2) is 36.5 Å². The Morgan fingerprint density at radius 2 is 2.12 bits per heavy atom. The zero-order chi connectivity index (χ0) is 11.4. The van der Waals surface area contributed by atoms with Crippen molar-refractivity contribution in [1.82, 2.24) is 4.98 Å². The fraction of sp³-hybridized carbons (Fsp3) is 0.0833. The SMILES string of the molecule is Fc1cc[c]c(OCc2ccnc(F)c2)c1. The third kappa shape index (κ3) is 2.76. The summed E-state index contributed by atoms with van der Waals surface area (Å²) in [5, 5.41) is 0. The first-order valence-corrected chi connectivity index (χ1v) is 4.64. The molecule has 0 aliphatic heterocycles. The maximum Gasteiger partial charge on any atom is 0.213 e. The number of hydrogen-bond acceptors (Lipinski definition) is 2. The normalized spacial score (nSPS) is 10.1. The largest absolute Gasteiger partial charge is 0.488 e. The second-order valence-electron chi connectivity index (χ2n) is 3.15. The molecule has 81 valence electrons. The molecule has 0 fully saturated rings. The smallest absolute Gasteiger partial charge is 0.213 e. The van der Waals surface area contributed by atoms with E-state index in [4.69, 9.17) is 4.74 Å². The van der Waals surface area contributed by atoms with Crippen molar-refractivity contribution in [2.24, 2.45) is 0 Å². The molecule has 2 nitrogen and oxygen atoms in total. The summed E-state index contributed by atoms with van der Waals surface area (Å²) in [5.41, 5.74) is 0.630. The second kappa shape index (κ2) is 4.70. The lowest BCUT2D eigenvalue weighted by atomic mass is 10.3. The standard InChI is InChI=1S/C12H8F2NO/c13-10-2-1-3-11(7-10)16-8-9-4-5-15-12(14)6-9/h1-2,4-7H,8H2. The fourth-order valence-electron chi connectivity index (χ4n) is 1.20. The summed E-state index contributed by atoms with van der Waals surface area (Å²) in [6.07, 6.45) is 1.35. The average molecular weight is 220 g/mol. The summed E-state index contributed by atoms with van der Waals surface area (Å²) >= 11 is 0. The molecule has 0 saturated carbocycles. The number of rotatable bonds is 3. The Bertz CT molecular complexity index is 442. The molecule has 1 heterocycles. The zero-order valence-electron chi connectivity index (χ0n) is 8.28. The first kappa shape index (κ1) is 10.5. The molecule has 0 bridgehead atoms. The molecular formula is C12H8F2NO. The quantitative estimate of drug-likeness (QED) is 0.742. The van der Waals surface area contributed by atoms with Gasteiger partial charge in [0.25, 0.3) is 0 Å². The van der Waals surface area contributed by atoms with Crippen molar-refractivity contribution in [3.8, 4) is 5.75 Å². The van der Waals surface area contributed by atoms with E-state index in [1.54, 1.807) is 6.07 Å². The summed E-state index contributed by atoms with van der Waals surface area (Å²) in [4.78, 5) is 3.42. The predicted molar refractivity (Wildman–Crippen MR) is 53.8 cm³/mol. The van der Waals surface area contributed by atoms with Crippen molar-refractivity contribution in [2.45, 2.75) is 6.61 Å². The Labute approximate surface area is 91.5 Å². The molecule has 2 rings (SSSR count). The summed E-state index contributed by atoms with van der Waals surface area (Å²) in [7, 11) is 0. The van der Waals surface area contributed by atoms with Crippen LogP contribution in [0.1, 0.15) is 5.56 Å². The van der Waals surface area contributed by atoms with E-state index in [2.05, 4.69) is 11.1 Å². The van der Waals surface area contributed by atoms with Gasteiger partial charge in [-0.3, -0.25) is 0 Å². The Kier molecular flexibility index (Phi) is 3.10. The molecular weight excluding hydrogens is 212 g/mol. The molecule has 0 atom stereocenters. The van der Waals surface area contributed by atoms with Gasteiger partial charge in [0.05, 0.1) is 0 Å². The molecule has 0 saturated heterocycles. The minimum Gasteiger partial charge on any atom is -0.488 e. The molecule has 0 aliphatic rings. The zero-order valence-corrected chi connectivity index (χ0v) is 8.28. The lowest BCUT2D eigenvalue weighted by molar-refractivity contribution is 0.303. The highest BCUT2D eigenvalue weighted by atomic mass is 19.1. The predicted octanol–water partition coefficient (Wildman–Crippen LogP) is 2.74. The van der Waals surface area contributed by atoms with Gasteiger partial charge in [0.2, 0.25) is 5.95 Å². The number of hydrogen-bond donors (Lipinski definition) is 0. The number of halogens is 2. The Balaban J connectivity index is 2.02. The maximum atomic E-state index is 12.8. The van der Waals surface area contributed by atoms with E-state index >= 15 is 0 Å². The van der Waals surface area contributed by atoms with Gasteiger partial charge in [-0.05, 0) is 29.8 Å². The Morgan fingerprint density at radius 3 is 2.88 bits per heavy atom. The van der Waals surface area contributed by atoms with Crippen LogP contribution in [0.25, 0.3) is 0 Å². The monoisotopic (exact) mass is 220 g/mol. The van der Waals surface area contributed by atoms with E-state index in [0.29, 0.717) is 5.56 Å². The van der Waals surface area contributed by atoms with Crippen molar-refractivity contribution >= 4 is 0 Å². The van der Waals surface area contributed by atoms with Gasteiger partial charge in [-0.15, -0.1) is 0 Å². The number of nitrogens with zero attached hydrogens (tertiary/aromatic N) is 1. The van der Waals surface area contributed by atoms with Gasteiger partial charge >= 0.3 is 0 Å². The summed E-state index contributed by atoms with van der Waals surface area (Å²) in [6, 6.07) is 9.54. The van der Waals surface area contributed by atoms with Crippen molar-refractivity contribution in [1.29, 1.82) is 0 Å². The first-order valence-electron chi connectivity index (χ1n) is 4.64. The summed E-state index contributed by atoms with van der Waals surface area (Å²) < 4.78 is 30.7. The van der Waals surface area contributed by atoms with Gasteiger partial charge < -0.3 is 4.74 Å². The average Bonchev–Trinajstić information content (AvgIpc) is 2.27. The summed E-state index contributed by atoms with van der Waals surface area (Å²) in [5.74, 6) is -0.670. The molecule has 0 N–H and O–H groups in total. The van der Waals surface area contributed by atoms with Crippen LogP contribution in [0, 0.1) is 17.8 Å². The van der Waals surface area contributed by atoms with E-state index in [1.165, 1.54) is 30.5 Å². The van der Waals surface area contributed by atoms with Crippen LogP contribution in [0.5, 0.6) is 5.75 Å². The van der Waals surface area contributed by atoms with Crippen LogP contribution >= 0.6 is 0 Å². The lowest BCUT2D eigenvalue weighted by Gasteiger charge is -2.05. The van der Waals surface area contributed by atoms with E-state index in [-0.39, 0.29) is 12.4 Å². The highest BCUT2D eigenvalue weighted by molar-refractivity contribution is 5.21. The third-order valence-electron chi connectivity index (χ3n) is 1.92. The van der Waals surface area contributed by atoms with E-state index in [1.807, 2.05) is 0 Å². The topological polar surface area (TPSA) is 22.1 Å². The first-order chi connectivity index (χ1) is 7.74. The van der Waals surface area contributed by atoms with Gasteiger partial charge in [0.15, 0.2) is 0 Å². The van der Waals surface area contributed by atoms with Crippen LogP contribution < -0.4 is 4.74 Å². The van der Waals surface area contributed by atoms with Gasteiger partial charge in [-0.1, -0.05) is 0 Å². The molecule has 4 heteroatoms. The molecule has 2 aromatic rings. The second-order valence-corrected chi connectivity index (χ2v) is 3.15.